The van der Waals surface area contributed by atoms with Gasteiger partial charge in [-0.2, -0.15) is 0 Å². The van der Waals surface area contributed by atoms with Gasteiger partial charge in [0.05, 0.1) is 22.1 Å². The molecule has 9 aromatic carbocycles. The third kappa shape index (κ3) is 6.16. The van der Waals surface area contributed by atoms with Crippen molar-refractivity contribution in [2.45, 2.75) is 105 Å². The molecule has 76 heavy (non-hydrogen) atoms. The molecule has 0 atom stereocenters. The summed E-state index contributed by atoms with van der Waals surface area (Å²) in [7, 11) is 0. The average molecular weight is 983 g/mol. The molecule has 0 aliphatic carbocycles. The quantitative estimate of drug-likeness (QED) is 0.161. The summed E-state index contributed by atoms with van der Waals surface area (Å²) < 4.78 is 5.28. The van der Waals surface area contributed by atoms with E-state index in [9.17, 15) is 0 Å². The lowest BCUT2D eigenvalue weighted by atomic mass is 9.33. The predicted octanol–water partition coefficient (Wildman–Crippen LogP) is 14.3. The Labute approximate surface area is 448 Å². The van der Waals surface area contributed by atoms with Gasteiger partial charge in [0, 0.05) is 67.0 Å². The normalized spacial score (nSPS) is 14.5. The Bertz CT molecular complexity index is 4050. The summed E-state index contributed by atoms with van der Waals surface area (Å²) in [5.74, 6) is 0. The van der Waals surface area contributed by atoms with Gasteiger partial charge in [-0.05, 0) is 149 Å². The van der Waals surface area contributed by atoms with E-state index in [4.69, 9.17) is 0 Å². The summed E-state index contributed by atoms with van der Waals surface area (Å²) in [5.41, 5.74) is 28.7. The molecule has 2 aromatic heterocycles. The number of aromatic nitrogens is 2. The van der Waals surface area contributed by atoms with Crippen LogP contribution in [0.5, 0.6) is 0 Å². The molecule has 0 N–H and O–H groups in total. The Morgan fingerprint density at radius 1 is 0.289 bits per heavy atom. The molecule has 4 aliphatic heterocycles. The second kappa shape index (κ2) is 15.0. The van der Waals surface area contributed by atoms with E-state index in [0.29, 0.717) is 0 Å². The smallest absolute Gasteiger partial charge is 0.252 e. The van der Waals surface area contributed by atoms with Crippen LogP contribution < -0.4 is 42.6 Å². The predicted molar refractivity (Wildman–Crippen MR) is 329 cm³/mol. The fraction of sp³-hybridized carbons (Fsp3) is 0.229. The Kier molecular flexibility index (Phi) is 9.04. The zero-order valence-electron chi connectivity index (χ0n) is 46.1. The van der Waals surface area contributed by atoms with Crippen LogP contribution in [-0.4, -0.2) is 22.6 Å². The van der Waals surface area contributed by atoms with E-state index < -0.39 is 0 Å². The fourth-order valence-corrected chi connectivity index (χ4v) is 14.0. The SMILES string of the molecule is CC(C)(C)c1ccc(N2c3ccc(C(C)(C)C)cc3B3c4ccccc4-n4c5cc6c7ccc8c9c7n(c6cc5c5ccc2c3c54)-c2ccccc2B9c2cc(C(C)(C)C)ccc2N8c2ccc(C(C)(C)C)cc2)cc1. The van der Waals surface area contributed by atoms with Gasteiger partial charge in [0.2, 0.25) is 0 Å². The van der Waals surface area contributed by atoms with E-state index in [-0.39, 0.29) is 35.1 Å². The van der Waals surface area contributed by atoms with E-state index in [0.717, 1.165) is 0 Å². The van der Waals surface area contributed by atoms with Gasteiger partial charge >= 0.3 is 0 Å². The number of anilines is 6. The Balaban J connectivity index is 1.03. The van der Waals surface area contributed by atoms with Gasteiger partial charge in [-0.3, -0.25) is 0 Å². The molecular formula is C70H64B2N4. The second-order valence-corrected chi connectivity index (χ2v) is 26.6. The maximum atomic E-state index is 2.64. The number of rotatable bonds is 2. The van der Waals surface area contributed by atoms with E-state index in [1.54, 1.807) is 0 Å². The van der Waals surface area contributed by atoms with Crippen LogP contribution in [0.2, 0.25) is 0 Å². The molecule has 6 heterocycles. The number of hydrogen-bond acceptors (Lipinski definition) is 2. The topological polar surface area (TPSA) is 16.3 Å². The van der Waals surface area contributed by atoms with Crippen LogP contribution in [0, 0.1) is 0 Å². The molecule has 0 radical (unpaired) electrons. The minimum absolute atomic E-state index is 0.0124. The lowest BCUT2D eigenvalue weighted by molar-refractivity contribution is 0.590. The zero-order chi connectivity index (χ0) is 52.3. The molecule has 0 amide bonds. The molecule has 0 saturated carbocycles. The van der Waals surface area contributed by atoms with Crippen molar-refractivity contribution in [2.24, 2.45) is 0 Å². The van der Waals surface area contributed by atoms with Crippen LogP contribution in [0.25, 0.3) is 55.0 Å². The Morgan fingerprint density at radius 2 is 0.632 bits per heavy atom. The first-order chi connectivity index (χ1) is 36.3. The van der Waals surface area contributed by atoms with Gasteiger partial charge in [0.1, 0.15) is 0 Å². The largest absolute Gasteiger partial charge is 0.311 e. The second-order valence-electron chi connectivity index (χ2n) is 26.6. The lowest BCUT2D eigenvalue weighted by Gasteiger charge is -2.40. The average Bonchev–Trinajstić information content (AvgIpc) is 4.13. The van der Waals surface area contributed by atoms with Gasteiger partial charge in [-0.15, -0.1) is 0 Å². The summed E-state index contributed by atoms with van der Waals surface area (Å²) >= 11 is 0. The van der Waals surface area contributed by atoms with Gasteiger partial charge in [-0.1, -0.05) is 180 Å². The van der Waals surface area contributed by atoms with Crippen LogP contribution in [0.3, 0.4) is 0 Å². The van der Waals surface area contributed by atoms with Crippen molar-refractivity contribution >= 4 is 124 Å². The summed E-state index contributed by atoms with van der Waals surface area (Å²) in [6.45, 7) is 28.0. The molecule has 0 spiro atoms. The number of hydrogen-bond donors (Lipinski definition) is 0. The maximum absolute atomic E-state index is 2.64. The van der Waals surface area contributed by atoms with Gasteiger partial charge in [-0.25, -0.2) is 0 Å². The molecule has 4 aliphatic rings. The number of para-hydroxylation sites is 2. The summed E-state index contributed by atoms with van der Waals surface area (Å²) in [5, 5.41) is 5.15. The number of benzene rings is 9. The van der Waals surface area contributed by atoms with Crippen molar-refractivity contribution in [1.29, 1.82) is 0 Å². The maximum Gasteiger partial charge on any atom is 0.252 e. The minimum atomic E-state index is -0.0124. The van der Waals surface area contributed by atoms with Gasteiger partial charge < -0.3 is 18.9 Å². The molecule has 0 unspecified atom stereocenters. The van der Waals surface area contributed by atoms with Gasteiger partial charge in [0.15, 0.2) is 0 Å². The molecule has 370 valence electrons. The molecule has 6 heteroatoms. The zero-order valence-corrected chi connectivity index (χ0v) is 46.1. The van der Waals surface area contributed by atoms with E-state index in [1.807, 2.05) is 0 Å². The molecule has 11 aromatic rings. The third-order valence-corrected chi connectivity index (χ3v) is 17.9. The first-order valence-electron chi connectivity index (χ1n) is 27.7. The van der Waals surface area contributed by atoms with Gasteiger partial charge in [0.25, 0.3) is 13.4 Å². The number of fused-ring (bicyclic) bond motifs is 16. The first kappa shape index (κ1) is 45.7. The summed E-state index contributed by atoms with van der Waals surface area (Å²) in [4.78, 5) is 5.11. The van der Waals surface area contributed by atoms with Crippen LogP contribution in [0.4, 0.5) is 34.1 Å². The first-order valence-corrected chi connectivity index (χ1v) is 27.7. The van der Waals surface area contributed by atoms with Crippen molar-refractivity contribution < 1.29 is 0 Å². The Morgan fingerprint density at radius 3 is 1.00 bits per heavy atom. The summed E-state index contributed by atoms with van der Waals surface area (Å²) in [6.07, 6.45) is 0. The standard InChI is InChI=1S/C70H64B2N4/c1-67(2,3)41-21-27-45(28-22-41)73-57-33-25-43(69(7,8)9)37-53(57)71-51-17-13-15-19-55(51)75-61-40-50-48-32-36-60-64-66(48)76(62(50)39-49(61)47-31-35-59(73)63(71)65(47)75)56-20-16-14-18-52(56)72(64)54-38-44(70(10,11)12)26-34-58(54)74(60)46-29-23-42(24-30-46)68(4,5)6/h13-40H,1-12H3. The highest BCUT2D eigenvalue weighted by atomic mass is 15.2. The number of nitrogens with zero attached hydrogens (tertiary/aromatic N) is 4. The highest BCUT2D eigenvalue weighted by molar-refractivity contribution is 7.01. The molecule has 0 bridgehead atoms. The highest BCUT2D eigenvalue weighted by Gasteiger charge is 2.45. The molecular weight excluding hydrogens is 918 g/mol. The monoisotopic (exact) mass is 983 g/mol. The fourth-order valence-electron chi connectivity index (χ4n) is 14.0. The lowest BCUT2D eigenvalue weighted by Crippen LogP contribution is -2.60. The molecule has 0 fully saturated rings. The third-order valence-electron chi connectivity index (χ3n) is 17.9. The minimum Gasteiger partial charge on any atom is -0.311 e. The van der Waals surface area contributed by atoms with Crippen LogP contribution >= 0.6 is 0 Å². The van der Waals surface area contributed by atoms with Crippen molar-refractivity contribution in [3.05, 3.63) is 192 Å². The highest BCUT2D eigenvalue weighted by Crippen LogP contribution is 2.48. The van der Waals surface area contributed by atoms with E-state index in [1.165, 1.54) is 144 Å². The van der Waals surface area contributed by atoms with E-state index in [2.05, 4.69) is 272 Å². The van der Waals surface area contributed by atoms with Crippen molar-refractivity contribution in [3.8, 4) is 11.4 Å². The van der Waals surface area contributed by atoms with Crippen LogP contribution in [-0.2, 0) is 21.7 Å². The van der Waals surface area contributed by atoms with Crippen molar-refractivity contribution in [3.63, 3.8) is 0 Å². The van der Waals surface area contributed by atoms with Crippen LogP contribution in [0.15, 0.2) is 170 Å². The molecule has 15 rings (SSSR count). The Hall–Kier alpha value is -7.69. The summed E-state index contributed by atoms with van der Waals surface area (Å²) in [6, 6.07) is 66.7. The van der Waals surface area contributed by atoms with Crippen LogP contribution in [0.1, 0.15) is 105 Å². The molecule has 4 nitrogen and oxygen atoms in total. The molecule has 0 saturated heterocycles. The van der Waals surface area contributed by atoms with Crippen molar-refractivity contribution in [2.75, 3.05) is 9.80 Å². The van der Waals surface area contributed by atoms with E-state index >= 15 is 0 Å². The van der Waals surface area contributed by atoms with Crippen molar-refractivity contribution in [1.82, 2.24) is 9.13 Å².